The number of rotatable bonds is 6. The second-order valence-electron chi connectivity index (χ2n) is 6.96. The molecule has 1 amide bonds. The van der Waals surface area contributed by atoms with Crippen molar-refractivity contribution in [3.05, 3.63) is 51.1 Å². The Labute approximate surface area is 182 Å². The van der Waals surface area contributed by atoms with Gasteiger partial charge in [-0.05, 0) is 55.1 Å². The number of nitrogens with one attached hydrogen (secondary N) is 2. The van der Waals surface area contributed by atoms with Crippen molar-refractivity contribution in [3.63, 3.8) is 0 Å². The molecular formula is C20H19Cl2N5O3. The van der Waals surface area contributed by atoms with Crippen molar-refractivity contribution in [1.29, 1.82) is 0 Å². The fourth-order valence-corrected chi connectivity index (χ4v) is 3.57. The Bertz CT molecular complexity index is 1180. The van der Waals surface area contributed by atoms with Gasteiger partial charge < -0.3 is 19.9 Å². The molecule has 0 radical (unpaired) electrons. The van der Waals surface area contributed by atoms with E-state index in [1.54, 1.807) is 10.6 Å². The van der Waals surface area contributed by atoms with Crippen LogP contribution in [0.2, 0.25) is 10.3 Å². The number of carbonyl (C=O) groups is 1. The molecule has 0 spiro atoms. The highest BCUT2D eigenvalue weighted by Crippen LogP contribution is 2.35. The summed E-state index contributed by atoms with van der Waals surface area (Å²) in [4.78, 5) is 32.5. The third-order valence-corrected chi connectivity index (χ3v) is 5.52. The van der Waals surface area contributed by atoms with Crippen LogP contribution in [0, 0.1) is 0 Å². The maximum Gasteiger partial charge on any atom is 0.293 e. The zero-order valence-electron chi connectivity index (χ0n) is 16.1. The van der Waals surface area contributed by atoms with Crippen molar-refractivity contribution in [1.82, 2.24) is 19.9 Å². The number of halogens is 2. The molecule has 2 heterocycles. The van der Waals surface area contributed by atoms with E-state index in [0.717, 1.165) is 30.2 Å². The number of nitrogens with zero attached hydrogens (tertiary/aromatic N) is 3. The van der Waals surface area contributed by atoms with Gasteiger partial charge in [0.15, 0.2) is 18.2 Å². The van der Waals surface area contributed by atoms with Gasteiger partial charge in [0.25, 0.3) is 11.5 Å². The van der Waals surface area contributed by atoms with Crippen LogP contribution in [0.3, 0.4) is 0 Å². The van der Waals surface area contributed by atoms with Gasteiger partial charge in [0.2, 0.25) is 5.28 Å². The van der Waals surface area contributed by atoms with Crippen molar-refractivity contribution < 1.29 is 9.53 Å². The Kier molecular flexibility index (Phi) is 5.78. The van der Waals surface area contributed by atoms with E-state index in [-0.39, 0.29) is 35.1 Å². The zero-order valence-corrected chi connectivity index (χ0v) is 17.6. The number of amides is 1. The summed E-state index contributed by atoms with van der Waals surface area (Å²) >= 11 is 12.0. The van der Waals surface area contributed by atoms with Crippen molar-refractivity contribution in [2.45, 2.75) is 25.3 Å². The summed E-state index contributed by atoms with van der Waals surface area (Å²) in [7, 11) is 1.52. The SMILES string of the molecule is CNC(=O)COc1cc2cc(Nc3nc(Cl)ncc3Cl)ccc2n(C2CCC2)c1=O. The molecule has 1 fully saturated rings. The van der Waals surface area contributed by atoms with Gasteiger partial charge in [0, 0.05) is 24.2 Å². The van der Waals surface area contributed by atoms with E-state index in [4.69, 9.17) is 27.9 Å². The summed E-state index contributed by atoms with van der Waals surface area (Å²) in [6.07, 6.45) is 4.36. The second-order valence-corrected chi connectivity index (χ2v) is 7.71. The highest BCUT2D eigenvalue weighted by Gasteiger charge is 2.24. The third kappa shape index (κ3) is 4.06. The molecule has 3 aromatic rings. The van der Waals surface area contributed by atoms with Crippen molar-refractivity contribution in [2.75, 3.05) is 19.0 Å². The maximum atomic E-state index is 13.0. The predicted molar refractivity (Wildman–Crippen MR) is 116 cm³/mol. The molecule has 0 bridgehead atoms. The smallest absolute Gasteiger partial charge is 0.293 e. The molecule has 10 heteroatoms. The average molecular weight is 448 g/mol. The number of hydrogen-bond acceptors (Lipinski definition) is 6. The number of fused-ring (bicyclic) bond motifs is 1. The highest BCUT2D eigenvalue weighted by molar-refractivity contribution is 6.33. The lowest BCUT2D eigenvalue weighted by atomic mass is 9.92. The average Bonchev–Trinajstić information content (AvgIpc) is 2.69. The monoisotopic (exact) mass is 447 g/mol. The van der Waals surface area contributed by atoms with Crippen LogP contribution in [0.15, 0.2) is 35.3 Å². The van der Waals surface area contributed by atoms with Crippen molar-refractivity contribution in [2.24, 2.45) is 0 Å². The first-order chi connectivity index (χ1) is 14.5. The summed E-state index contributed by atoms with van der Waals surface area (Å²) in [5, 5.41) is 6.78. The summed E-state index contributed by atoms with van der Waals surface area (Å²) in [5.41, 5.74) is 1.27. The summed E-state index contributed by atoms with van der Waals surface area (Å²) in [5.74, 6) is 0.202. The first kappa shape index (κ1) is 20.4. The lowest BCUT2D eigenvalue weighted by Gasteiger charge is -2.29. The molecule has 4 rings (SSSR count). The Morgan fingerprint density at radius 2 is 2.10 bits per heavy atom. The Morgan fingerprint density at radius 1 is 1.30 bits per heavy atom. The number of benzene rings is 1. The molecule has 1 aromatic carbocycles. The molecular weight excluding hydrogens is 429 g/mol. The van der Waals surface area contributed by atoms with E-state index in [1.165, 1.54) is 13.2 Å². The van der Waals surface area contributed by atoms with E-state index in [0.29, 0.717) is 16.5 Å². The molecule has 1 saturated carbocycles. The number of pyridine rings is 1. The van der Waals surface area contributed by atoms with Gasteiger partial charge in [-0.15, -0.1) is 0 Å². The summed E-state index contributed by atoms with van der Waals surface area (Å²) < 4.78 is 7.29. The predicted octanol–water partition coefficient (Wildman–Crippen LogP) is 3.69. The van der Waals surface area contributed by atoms with Gasteiger partial charge in [-0.3, -0.25) is 9.59 Å². The molecule has 30 heavy (non-hydrogen) atoms. The summed E-state index contributed by atoms with van der Waals surface area (Å²) in [6, 6.07) is 7.35. The topological polar surface area (TPSA) is 98.1 Å². The third-order valence-electron chi connectivity index (χ3n) is 5.06. The standard InChI is InChI=1S/C20H19Cl2N5O3/c1-23-17(28)10-30-16-8-11-7-12(25-18-14(21)9-24-20(22)26-18)5-6-15(11)27(19(16)29)13-3-2-4-13/h5-9,13H,2-4,10H2,1H3,(H,23,28)(H,24,25,26). The summed E-state index contributed by atoms with van der Waals surface area (Å²) in [6.45, 7) is -0.227. The van der Waals surface area contributed by atoms with E-state index in [9.17, 15) is 9.59 Å². The van der Waals surface area contributed by atoms with Crippen molar-refractivity contribution >= 4 is 51.5 Å². The lowest BCUT2D eigenvalue weighted by molar-refractivity contribution is -0.122. The van der Waals surface area contributed by atoms with Crippen LogP contribution in [0.1, 0.15) is 25.3 Å². The molecule has 1 aliphatic rings. The lowest BCUT2D eigenvalue weighted by Crippen LogP contribution is -2.32. The molecule has 156 valence electrons. The van der Waals surface area contributed by atoms with E-state index in [1.807, 2.05) is 18.2 Å². The number of ether oxygens (including phenoxy) is 1. The number of hydrogen-bond donors (Lipinski definition) is 2. The quantitative estimate of drug-likeness (QED) is 0.559. The fourth-order valence-electron chi connectivity index (χ4n) is 3.29. The van der Waals surface area contributed by atoms with Crippen LogP contribution in [0.5, 0.6) is 5.75 Å². The van der Waals surface area contributed by atoms with Crippen molar-refractivity contribution in [3.8, 4) is 5.75 Å². The Balaban J connectivity index is 1.76. The van der Waals surface area contributed by atoms with E-state index in [2.05, 4.69) is 20.6 Å². The normalized spacial score (nSPS) is 13.7. The first-order valence-electron chi connectivity index (χ1n) is 9.44. The van der Waals surface area contributed by atoms with Crippen LogP contribution in [-0.2, 0) is 4.79 Å². The van der Waals surface area contributed by atoms with E-state index >= 15 is 0 Å². The number of carbonyl (C=O) groups excluding carboxylic acids is 1. The van der Waals surface area contributed by atoms with Crippen LogP contribution < -0.4 is 20.9 Å². The van der Waals surface area contributed by atoms with Crippen LogP contribution >= 0.6 is 23.2 Å². The van der Waals surface area contributed by atoms with Gasteiger partial charge in [0.1, 0.15) is 5.02 Å². The Morgan fingerprint density at radius 3 is 2.80 bits per heavy atom. The second kappa shape index (κ2) is 8.49. The fraction of sp³-hybridized carbons (Fsp3) is 0.300. The first-order valence-corrected chi connectivity index (χ1v) is 10.2. The van der Waals surface area contributed by atoms with Gasteiger partial charge in [-0.2, -0.15) is 4.98 Å². The van der Waals surface area contributed by atoms with Gasteiger partial charge >= 0.3 is 0 Å². The van der Waals surface area contributed by atoms with E-state index < -0.39 is 0 Å². The van der Waals surface area contributed by atoms with Crippen LogP contribution in [0.25, 0.3) is 10.9 Å². The van der Waals surface area contributed by atoms with Crippen LogP contribution in [0.4, 0.5) is 11.5 Å². The molecule has 0 unspecified atom stereocenters. The molecule has 8 nitrogen and oxygen atoms in total. The minimum atomic E-state index is -0.310. The largest absolute Gasteiger partial charge is 0.478 e. The minimum absolute atomic E-state index is 0.0754. The molecule has 0 aliphatic heterocycles. The molecule has 0 saturated heterocycles. The number of aromatic nitrogens is 3. The zero-order chi connectivity index (χ0) is 21.3. The number of likely N-dealkylation sites (N-methyl/N-ethyl adjacent to an activating group) is 1. The minimum Gasteiger partial charge on any atom is -0.478 e. The highest BCUT2D eigenvalue weighted by atomic mass is 35.5. The Hall–Kier alpha value is -2.84. The van der Waals surface area contributed by atoms with Gasteiger partial charge in [0.05, 0.1) is 11.7 Å². The number of anilines is 2. The van der Waals surface area contributed by atoms with Crippen LogP contribution in [-0.4, -0.2) is 34.1 Å². The molecule has 2 N–H and O–H groups in total. The molecule has 1 aliphatic carbocycles. The van der Waals surface area contributed by atoms with Gasteiger partial charge in [-0.25, -0.2) is 4.98 Å². The molecule has 0 atom stereocenters. The molecule has 2 aromatic heterocycles. The maximum absolute atomic E-state index is 13.0. The van der Waals surface area contributed by atoms with Gasteiger partial charge in [-0.1, -0.05) is 11.6 Å².